The van der Waals surface area contributed by atoms with Gasteiger partial charge in [-0.15, -0.1) is 0 Å². The average Bonchev–Trinajstić information content (AvgIpc) is 2.55. The summed E-state index contributed by atoms with van der Waals surface area (Å²) in [6.45, 7) is 2.80. The number of nitrogens with one attached hydrogen (secondary N) is 2. The van der Waals surface area contributed by atoms with Crippen molar-refractivity contribution in [2.45, 2.75) is 13.5 Å². The van der Waals surface area contributed by atoms with Crippen LogP contribution in [0.4, 0.5) is 16.2 Å². The number of anilines is 1. The van der Waals surface area contributed by atoms with Crippen molar-refractivity contribution < 1.29 is 14.5 Å². The van der Waals surface area contributed by atoms with Gasteiger partial charge in [0.15, 0.2) is 0 Å². The van der Waals surface area contributed by atoms with Crippen molar-refractivity contribution in [1.82, 2.24) is 5.32 Å². The minimum Gasteiger partial charge on any atom is -0.494 e. The first-order valence-electron chi connectivity index (χ1n) is 7.10. The lowest BCUT2D eigenvalue weighted by atomic mass is 10.2. The van der Waals surface area contributed by atoms with Crippen LogP contribution in [0.5, 0.6) is 5.75 Å². The zero-order valence-electron chi connectivity index (χ0n) is 12.6. The Balaban J connectivity index is 1.91. The molecule has 2 rings (SSSR count). The molecule has 120 valence electrons. The third-order valence-corrected chi connectivity index (χ3v) is 3.04. The zero-order chi connectivity index (χ0) is 16.7. The number of para-hydroxylation sites is 2. The van der Waals surface area contributed by atoms with Crippen LogP contribution in [0.1, 0.15) is 12.5 Å². The fourth-order valence-corrected chi connectivity index (χ4v) is 1.96. The van der Waals surface area contributed by atoms with Gasteiger partial charge in [-0.25, -0.2) is 4.79 Å². The molecule has 0 unspecified atom stereocenters. The number of hydrogen-bond acceptors (Lipinski definition) is 4. The van der Waals surface area contributed by atoms with E-state index in [-0.39, 0.29) is 11.4 Å². The molecular formula is C16H17N3O4. The lowest BCUT2D eigenvalue weighted by molar-refractivity contribution is -0.383. The molecule has 0 aliphatic rings. The summed E-state index contributed by atoms with van der Waals surface area (Å²) in [6, 6.07) is 12.8. The van der Waals surface area contributed by atoms with Crippen LogP contribution in [-0.2, 0) is 6.54 Å². The second-order valence-corrected chi connectivity index (χ2v) is 4.66. The van der Waals surface area contributed by atoms with E-state index in [1.54, 1.807) is 12.1 Å². The van der Waals surface area contributed by atoms with E-state index in [2.05, 4.69) is 10.6 Å². The van der Waals surface area contributed by atoms with E-state index in [9.17, 15) is 14.9 Å². The Kier molecular flexibility index (Phi) is 5.51. The molecule has 2 aromatic rings. The number of carbonyl (C=O) groups excluding carboxylic acids is 1. The van der Waals surface area contributed by atoms with Crippen LogP contribution in [0.25, 0.3) is 0 Å². The van der Waals surface area contributed by atoms with E-state index in [0.29, 0.717) is 13.2 Å². The van der Waals surface area contributed by atoms with Crippen LogP contribution in [-0.4, -0.2) is 17.6 Å². The molecule has 0 saturated carbocycles. The first-order valence-corrected chi connectivity index (χ1v) is 7.10. The Morgan fingerprint density at radius 1 is 1.17 bits per heavy atom. The van der Waals surface area contributed by atoms with E-state index >= 15 is 0 Å². The van der Waals surface area contributed by atoms with Crippen molar-refractivity contribution in [1.29, 1.82) is 0 Å². The van der Waals surface area contributed by atoms with E-state index in [4.69, 9.17) is 4.74 Å². The third-order valence-electron chi connectivity index (χ3n) is 3.04. The normalized spacial score (nSPS) is 9.96. The van der Waals surface area contributed by atoms with Gasteiger partial charge in [0.05, 0.1) is 11.5 Å². The van der Waals surface area contributed by atoms with Gasteiger partial charge in [-0.1, -0.05) is 24.3 Å². The van der Waals surface area contributed by atoms with Crippen LogP contribution < -0.4 is 15.4 Å². The highest BCUT2D eigenvalue weighted by Gasteiger charge is 2.14. The smallest absolute Gasteiger partial charge is 0.319 e. The SMILES string of the molecule is CCOc1ccc(CNC(=O)Nc2ccccc2[N+](=O)[O-])cc1. The topological polar surface area (TPSA) is 93.5 Å². The number of ether oxygens (including phenoxy) is 1. The molecule has 0 aliphatic carbocycles. The summed E-state index contributed by atoms with van der Waals surface area (Å²) >= 11 is 0. The molecule has 0 aromatic heterocycles. The lowest BCUT2D eigenvalue weighted by Crippen LogP contribution is -2.28. The molecule has 2 aromatic carbocycles. The van der Waals surface area contributed by atoms with Crippen LogP contribution in [0.15, 0.2) is 48.5 Å². The van der Waals surface area contributed by atoms with Gasteiger partial charge in [0.25, 0.3) is 5.69 Å². The second kappa shape index (κ2) is 7.79. The summed E-state index contributed by atoms with van der Waals surface area (Å²) in [6.07, 6.45) is 0. The second-order valence-electron chi connectivity index (χ2n) is 4.66. The summed E-state index contributed by atoms with van der Waals surface area (Å²) in [5, 5.41) is 16.0. The Hall–Kier alpha value is -3.09. The van der Waals surface area contributed by atoms with Gasteiger partial charge in [0, 0.05) is 12.6 Å². The number of rotatable bonds is 6. The minimum atomic E-state index is -0.540. The van der Waals surface area contributed by atoms with Crippen molar-refractivity contribution in [3.8, 4) is 5.75 Å². The fraction of sp³-hybridized carbons (Fsp3) is 0.188. The Labute approximate surface area is 133 Å². The highest BCUT2D eigenvalue weighted by Crippen LogP contribution is 2.22. The Bertz CT molecular complexity index is 686. The highest BCUT2D eigenvalue weighted by atomic mass is 16.6. The molecular weight excluding hydrogens is 298 g/mol. The van der Waals surface area contributed by atoms with Crippen LogP contribution in [0.3, 0.4) is 0 Å². The van der Waals surface area contributed by atoms with Gasteiger partial charge in [0.2, 0.25) is 0 Å². The van der Waals surface area contributed by atoms with Crippen molar-refractivity contribution in [2.24, 2.45) is 0 Å². The number of hydrogen-bond donors (Lipinski definition) is 2. The molecule has 23 heavy (non-hydrogen) atoms. The molecule has 7 nitrogen and oxygen atoms in total. The number of urea groups is 1. The number of benzene rings is 2. The quantitative estimate of drug-likeness (QED) is 0.631. The maximum absolute atomic E-state index is 11.9. The molecule has 2 N–H and O–H groups in total. The molecule has 0 atom stereocenters. The van der Waals surface area contributed by atoms with Gasteiger partial charge in [-0.05, 0) is 30.7 Å². The third kappa shape index (κ3) is 4.70. The highest BCUT2D eigenvalue weighted by molar-refractivity contribution is 5.91. The predicted octanol–water partition coefficient (Wildman–Crippen LogP) is 3.32. The Morgan fingerprint density at radius 3 is 2.52 bits per heavy atom. The first kappa shape index (κ1) is 16.3. The van der Waals surface area contributed by atoms with Crippen LogP contribution in [0.2, 0.25) is 0 Å². The van der Waals surface area contributed by atoms with Crippen molar-refractivity contribution in [3.63, 3.8) is 0 Å². The van der Waals surface area contributed by atoms with E-state index in [0.717, 1.165) is 11.3 Å². The molecule has 0 bridgehead atoms. The molecule has 0 heterocycles. The van der Waals surface area contributed by atoms with Crippen molar-refractivity contribution in [2.75, 3.05) is 11.9 Å². The van der Waals surface area contributed by atoms with Crippen molar-refractivity contribution >= 4 is 17.4 Å². The largest absolute Gasteiger partial charge is 0.494 e. The Morgan fingerprint density at radius 2 is 1.87 bits per heavy atom. The number of nitro benzene ring substituents is 1. The van der Waals surface area contributed by atoms with Crippen LogP contribution >= 0.6 is 0 Å². The molecule has 0 aliphatic heterocycles. The van der Waals surface area contributed by atoms with Gasteiger partial charge in [-0.3, -0.25) is 10.1 Å². The average molecular weight is 315 g/mol. The first-order chi connectivity index (χ1) is 11.1. The molecule has 0 saturated heterocycles. The fourth-order valence-electron chi connectivity index (χ4n) is 1.96. The molecule has 2 amide bonds. The van der Waals surface area contributed by atoms with Gasteiger partial charge in [0.1, 0.15) is 11.4 Å². The molecule has 0 spiro atoms. The molecule has 0 radical (unpaired) electrons. The summed E-state index contributed by atoms with van der Waals surface area (Å²) in [5.74, 6) is 0.764. The van der Waals surface area contributed by atoms with Gasteiger partial charge < -0.3 is 15.4 Å². The summed E-state index contributed by atoms with van der Waals surface area (Å²) < 4.78 is 5.34. The summed E-state index contributed by atoms with van der Waals surface area (Å²) in [7, 11) is 0. The van der Waals surface area contributed by atoms with Crippen LogP contribution in [0, 0.1) is 10.1 Å². The molecule has 0 fully saturated rings. The standard InChI is InChI=1S/C16H17N3O4/c1-2-23-13-9-7-12(8-10-13)11-17-16(20)18-14-5-3-4-6-15(14)19(21)22/h3-10H,2,11H2,1H3,(H2,17,18,20). The summed E-state index contributed by atoms with van der Waals surface area (Å²) in [5.41, 5.74) is 0.900. The van der Waals surface area contributed by atoms with Crippen molar-refractivity contribution in [3.05, 3.63) is 64.2 Å². The van der Waals surface area contributed by atoms with E-state index < -0.39 is 11.0 Å². The number of nitrogens with zero attached hydrogens (tertiary/aromatic N) is 1. The number of amides is 2. The molecule has 7 heteroatoms. The maximum atomic E-state index is 11.9. The minimum absolute atomic E-state index is 0.149. The number of carbonyl (C=O) groups is 1. The lowest BCUT2D eigenvalue weighted by Gasteiger charge is -2.09. The number of nitro groups is 1. The van der Waals surface area contributed by atoms with Gasteiger partial charge in [-0.2, -0.15) is 0 Å². The van der Waals surface area contributed by atoms with E-state index in [1.807, 2.05) is 31.2 Å². The van der Waals surface area contributed by atoms with E-state index in [1.165, 1.54) is 12.1 Å². The monoisotopic (exact) mass is 315 g/mol. The maximum Gasteiger partial charge on any atom is 0.319 e. The predicted molar refractivity (Wildman–Crippen MR) is 86.6 cm³/mol. The summed E-state index contributed by atoms with van der Waals surface area (Å²) in [4.78, 5) is 22.2. The zero-order valence-corrected chi connectivity index (χ0v) is 12.6. The van der Waals surface area contributed by atoms with Gasteiger partial charge >= 0.3 is 6.03 Å².